The van der Waals surface area contributed by atoms with E-state index in [2.05, 4.69) is 22.4 Å². The summed E-state index contributed by atoms with van der Waals surface area (Å²) in [4.78, 5) is 0. The second-order valence-corrected chi connectivity index (χ2v) is 4.45. The highest BCUT2D eigenvalue weighted by molar-refractivity contribution is 7.80. The van der Waals surface area contributed by atoms with E-state index in [0.29, 0.717) is 18.1 Å². The molecule has 0 spiro atoms. The Labute approximate surface area is 119 Å². The topological polar surface area (TPSA) is 56.7 Å². The molecule has 3 N–H and O–H groups in total. The van der Waals surface area contributed by atoms with Gasteiger partial charge in [-0.2, -0.15) is 5.10 Å². The number of phenolic OH excluding ortho intramolecular Hbond substituents is 1. The number of rotatable bonds is 5. The standard InChI is InChI=1S/C14H19N3OS/c1-4-8-15-14(19)17-16-12(5-2)11-9-10(3)6-7-13(11)18/h4,6-7,9,18H,1,5,8H2,2-3H3,(H2,15,17,19)/b16-12+. The Hall–Kier alpha value is -1.88. The van der Waals surface area contributed by atoms with Gasteiger partial charge in [0, 0.05) is 12.1 Å². The minimum absolute atomic E-state index is 0.220. The third kappa shape index (κ3) is 4.71. The highest BCUT2D eigenvalue weighted by atomic mass is 32.1. The van der Waals surface area contributed by atoms with Crippen LogP contribution in [0.5, 0.6) is 5.75 Å². The number of benzene rings is 1. The first-order valence-electron chi connectivity index (χ1n) is 6.09. The third-order valence-electron chi connectivity index (χ3n) is 2.50. The SMILES string of the molecule is C=CCNC(=S)N/N=C(\CC)c1cc(C)ccc1O. The van der Waals surface area contributed by atoms with Gasteiger partial charge in [-0.25, -0.2) is 0 Å². The van der Waals surface area contributed by atoms with Gasteiger partial charge in [0.1, 0.15) is 5.75 Å². The molecule has 0 aromatic heterocycles. The van der Waals surface area contributed by atoms with Crippen molar-refractivity contribution in [2.24, 2.45) is 5.10 Å². The number of thiocarbonyl (C=S) groups is 1. The van der Waals surface area contributed by atoms with Crippen LogP contribution in [0.15, 0.2) is 36.0 Å². The number of aryl methyl sites for hydroxylation is 1. The van der Waals surface area contributed by atoms with E-state index < -0.39 is 0 Å². The molecule has 0 unspecified atom stereocenters. The van der Waals surface area contributed by atoms with Crippen LogP contribution in [0.3, 0.4) is 0 Å². The molecule has 1 rings (SSSR count). The van der Waals surface area contributed by atoms with Crippen LogP contribution in [0.1, 0.15) is 24.5 Å². The van der Waals surface area contributed by atoms with Gasteiger partial charge in [-0.05, 0) is 37.7 Å². The summed E-state index contributed by atoms with van der Waals surface area (Å²) in [6, 6.07) is 5.43. The van der Waals surface area contributed by atoms with E-state index in [-0.39, 0.29) is 5.75 Å². The summed E-state index contributed by atoms with van der Waals surface area (Å²) in [5.41, 5.74) is 5.31. The number of hydrazone groups is 1. The Morgan fingerprint density at radius 1 is 1.53 bits per heavy atom. The average molecular weight is 277 g/mol. The van der Waals surface area contributed by atoms with E-state index in [1.807, 2.05) is 26.0 Å². The molecule has 0 saturated carbocycles. The van der Waals surface area contributed by atoms with Crippen LogP contribution in [0, 0.1) is 6.92 Å². The van der Waals surface area contributed by atoms with Crippen molar-refractivity contribution in [2.45, 2.75) is 20.3 Å². The van der Waals surface area contributed by atoms with Crippen LogP contribution in [-0.4, -0.2) is 22.5 Å². The number of nitrogens with one attached hydrogen (secondary N) is 2. The van der Waals surface area contributed by atoms with Crippen LogP contribution in [0.25, 0.3) is 0 Å². The highest BCUT2D eigenvalue weighted by Gasteiger charge is 2.08. The minimum Gasteiger partial charge on any atom is -0.507 e. The number of aromatic hydroxyl groups is 1. The van der Waals surface area contributed by atoms with Crippen LogP contribution in [-0.2, 0) is 0 Å². The first kappa shape index (κ1) is 15.2. The van der Waals surface area contributed by atoms with Gasteiger partial charge in [-0.1, -0.05) is 24.6 Å². The normalized spacial score (nSPS) is 10.9. The Morgan fingerprint density at radius 3 is 2.89 bits per heavy atom. The van der Waals surface area contributed by atoms with Crippen molar-refractivity contribution in [3.63, 3.8) is 0 Å². The predicted molar refractivity (Wildman–Crippen MR) is 83.6 cm³/mol. The summed E-state index contributed by atoms with van der Waals surface area (Å²) in [5.74, 6) is 0.220. The van der Waals surface area contributed by atoms with Gasteiger partial charge in [-0.3, -0.25) is 5.43 Å². The Bertz CT molecular complexity index is 497. The van der Waals surface area contributed by atoms with Crippen LogP contribution >= 0.6 is 12.2 Å². The molecule has 0 aliphatic heterocycles. The number of phenols is 1. The van der Waals surface area contributed by atoms with Crippen molar-refractivity contribution >= 4 is 23.0 Å². The van der Waals surface area contributed by atoms with E-state index >= 15 is 0 Å². The molecular weight excluding hydrogens is 258 g/mol. The average Bonchev–Trinajstić information content (AvgIpc) is 2.40. The van der Waals surface area contributed by atoms with Crippen LogP contribution in [0.4, 0.5) is 0 Å². The third-order valence-corrected chi connectivity index (χ3v) is 2.73. The highest BCUT2D eigenvalue weighted by Crippen LogP contribution is 2.20. The zero-order chi connectivity index (χ0) is 14.3. The van der Waals surface area contributed by atoms with E-state index in [1.54, 1.807) is 12.1 Å². The molecule has 0 aliphatic carbocycles. The van der Waals surface area contributed by atoms with Crippen LogP contribution < -0.4 is 10.7 Å². The Kier molecular flexibility index (Phi) is 6.02. The zero-order valence-corrected chi connectivity index (χ0v) is 12.0. The molecule has 5 heteroatoms. The van der Waals surface area contributed by atoms with Crippen LogP contribution in [0.2, 0.25) is 0 Å². The lowest BCUT2D eigenvalue weighted by molar-refractivity contribution is 0.474. The molecule has 0 heterocycles. The van der Waals surface area contributed by atoms with E-state index in [9.17, 15) is 5.11 Å². The monoisotopic (exact) mass is 277 g/mol. The summed E-state index contributed by atoms with van der Waals surface area (Å²) in [5, 5.41) is 17.5. The van der Waals surface area contributed by atoms with Gasteiger partial charge in [0.2, 0.25) is 0 Å². The molecule has 4 nitrogen and oxygen atoms in total. The summed E-state index contributed by atoms with van der Waals surface area (Å²) < 4.78 is 0. The van der Waals surface area contributed by atoms with Crippen molar-refractivity contribution in [1.82, 2.24) is 10.7 Å². The van der Waals surface area contributed by atoms with Gasteiger partial charge >= 0.3 is 0 Å². The Balaban J connectivity index is 2.84. The fourth-order valence-electron chi connectivity index (χ4n) is 1.53. The van der Waals surface area contributed by atoms with E-state index in [1.165, 1.54) is 0 Å². The molecule has 0 bridgehead atoms. The minimum atomic E-state index is 0.220. The molecule has 0 amide bonds. The maximum absolute atomic E-state index is 9.87. The number of hydrogen-bond donors (Lipinski definition) is 3. The fourth-order valence-corrected chi connectivity index (χ4v) is 1.66. The molecular formula is C14H19N3OS. The predicted octanol–water partition coefficient (Wildman–Crippen LogP) is 2.46. The smallest absolute Gasteiger partial charge is 0.187 e. The van der Waals surface area contributed by atoms with Crippen molar-refractivity contribution < 1.29 is 5.11 Å². The maximum atomic E-state index is 9.87. The molecule has 0 fully saturated rings. The van der Waals surface area contributed by atoms with E-state index in [0.717, 1.165) is 16.8 Å². The number of hydrogen-bond acceptors (Lipinski definition) is 3. The lowest BCUT2D eigenvalue weighted by Crippen LogP contribution is -2.32. The van der Waals surface area contributed by atoms with Crippen molar-refractivity contribution in [1.29, 1.82) is 0 Å². The van der Waals surface area contributed by atoms with Crippen molar-refractivity contribution in [3.05, 3.63) is 42.0 Å². The largest absolute Gasteiger partial charge is 0.507 e. The van der Waals surface area contributed by atoms with E-state index in [4.69, 9.17) is 12.2 Å². The summed E-state index contributed by atoms with van der Waals surface area (Å²) in [7, 11) is 0. The number of nitrogens with zero attached hydrogens (tertiary/aromatic N) is 1. The fraction of sp³-hybridized carbons (Fsp3) is 0.286. The second-order valence-electron chi connectivity index (χ2n) is 4.04. The maximum Gasteiger partial charge on any atom is 0.187 e. The summed E-state index contributed by atoms with van der Waals surface area (Å²) in [6.07, 6.45) is 2.40. The molecule has 1 aromatic rings. The van der Waals surface area contributed by atoms with Crippen molar-refractivity contribution in [2.75, 3.05) is 6.54 Å². The lowest BCUT2D eigenvalue weighted by atomic mass is 10.0. The molecule has 0 saturated heterocycles. The molecule has 1 aromatic carbocycles. The zero-order valence-electron chi connectivity index (χ0n) is 11.2. The van der Waals surface area contributed by atoms with Gasteiger partial charge in [0.15, 0.2) is 5.11 Å². The Morgan fingerprint density at radius 2 is 2.26 bits per heavy atom. The first-order valence-corrected chi connectivity index (χ1v) is 6.50. The first-order chi connectivity index (χ1) is 9.08. The summed E-state index contributed by atoms with van der Waals surface area (Å²) >= 11 is 5.05. The molecule has 102 valence electrons. The van der Waals surface area contributed by atoms with Gasteiger partial charge < -0.3 is 10.4 Å². The van der Waals surface area contributed by atoms with Gasteiger partial charge in [0.05, 0.1) is 5.71 Å². The molecule has 19 heavy (non-hydrogen) atoms. The molecule has 0 radical (unpaired) electrons. The summed E-state index contributed by atoms with van der Waals surface area (Å²) in [6.45, 7) is 8.12. The quantitative estimate of drug-likeness (QED) is 0.335. The van der Waals surface area contributed by atoms with Crippen molar-refractivity contribution in [3.8, 4) is 5.75 Å². The molecule has 0 aliphatic rings. The van der Waals surface area contributed by atoms with Gasteiger partial charge in [-0.15, -0.1) is 6.58 Å². The molecule has 0 atom stereocenters. The lowest BCUT2D eigenvalue weighted by Gasteiger charge is -2.09. The van der Waals surface area contributed by atoms with Gasteiger partial charge in [0.25, 0.3) is 0 Å². The second kappa shape index (κ2) is 7.53.